The lowest BCUT2D eigenvalue weighted by atomic mass is 9.98. The Hall–Kier alpha value is 0.120. The SMILES string of the molecule is CCNCC1CCN(S(=O)(=O)N(C)C(C)C)CC1.Cl. The van der Waals surface area contributed by atoms with Crippen LogP contribution in [-0.2, 0) is 10.2 Å². The number of rotatable bonds is 6. The summed E-state index contributed by atoms with van der Waals surface area (Å²) in [5.74, 6) is 0.612. The van der Waals surface area contributed by atoms with Gasteiger partial charge in [0, 0.05) is 26.2 Å². The molecular formula is C12H28ClN3O2S. The van der Waals surface area contributed by atoms with Crippen molar-refractivity contribution in [2.24, 2.45) is 5.92 Å². The highest BCUT2D eigenvalue weighted by Crippen LogP contribution is 2.21. The van der Waals surface area contributed by atoms with Gasteiger partial charge >= 0.3 is 0 Å². The smallest absolute Gasteiger partial charge is 0.281 e. The van der Waals surface area contributed by atoms with E-state index >= 15 is 0 Å². The van der Waals surface area contributed by atoms with Crippen molar-refractivity contribution in [2.75, 3.05) is 33.2 Å². The molecule has 1 N–H and O–H groups in total. The maximum atomic E-state index is 12.3. The molecule has 1 heterocycles. The summed E-state index contributed by atoms with van der Waals surface area (Å²) in [5.41, 5.74) is 0. The fraction of sp³-hybridized carbons (Fsp3) is 1.00. The van der Waals surface area contributed by atoms with Crippen molar-refractivity contribution in [3.05, 3.63) is 0 Å². The van der Waals surface area contributed by atoms with Crippen LogP contribution < -0.4 is 5.32 Å². The number of piperidine rings is 1. The van der Waals surface area contributed by atoms with E-state index in [-0.39, 0.29) is 18.4 Å². The number of hydrogen-bond acceptors (Lipinski definition) is 3. The Morgan fingerprint density at radius 2 is 1.84 bits per heavy atom. The molecule has 0 aromatic carbocycles. The van der Waals surface area contributed by atoms with E-state index < -0.39 is 10.2 Å². The van der Waals surface area contributed by atoms with E-state index in [0.29, 0.717) is 19.0 Å². The van der Waals surface area contributed by atoms with E-state index in [4.69, 9.17) is 0 Å². The zero-order chi connectivity index (χ0) is 13.8. The average molecular weight is 314 g/mol. The van der Waals surface area contributed by atoms with Gasteiger partial charge < -0.3 is 5.32 Å². The van der Waals surface area contributed by atoms with Crippen LogP contribution in [0.4, 0.5) is 0 Å². The summed E-state index contributed by atoms with van der Waals surface area (Å²) in [6.45, 7) is 9.17. The van der Waals surface area contributed by atoms with E-state index in [9.17, 15) is 8.42 Å². The summed E-state index contributed by atoms with van der Waals surface area (Å²) in [7, 11) is -1.60. The largest absolute Gasteiger partial charge is 0.317 e. The van der Waals surface area contributed by atoms with Gasteiger partial charge in [-0.05, 0) is 45.7 Å². The summed E-state index contributed by atoms with van der Waals surface area (Å²) in [6.07, 6.45) is 1.91. The van der Waals surface area contributed by atoms with Crippen LogP contribution in [0.25, 0.3) is 0 Å². The molecule has 0 spiro atoms. The van der Waals surface area contributed by atoms with Gasteiger partial charge in [0.25, 0.3) is 10.2 Å². The molecule has 1 aliphatic heterocycles. The van der Waals surface area contributed by atoms with Crippen molar-refractivity contribution < 1.29 is 8.42 Å². The minimum Gasteiger partial charge on any atom is -0.317 e. The molecule has 1 rings (SSSR count). The summed E-state index contributed by atoms with van der Waals surface area (Å²) in [6, 6.07) is 0.00878. The maximum absolute atomic E-state index is 12.3. The van der Waals surface area contributed by atoms with Crippen LogP contribution >= 0.6 is 12.4 Å². The molecule has 0 aliphatic carbocycles. The van der Waals surface area contributed by atoms with Gasteiger partial charge in [-0.1, -0.05) is 6.92 Å². The first-order chi connectivity index (χ1) is 8.39. The quantitative estimate of drug-likeness (QED) is 0.804. The van der Waals surface area contributed by atoms with Gasteiger partial charge in [-0.3, -0.25) is 0 Å². The molecular weight excluding hydrogens is 286 g/mol. The fourth-order valence-corrected chi connectivity index (χ4v) is 3.71. The van der Waals surface area contributed by atoms with E-state index in [1.807, 2.05) is 13.8 Å². The normalized spacial score (nSPS) is 18.8. The molecule has 0 radical (unpaired) electrons. The Kier molecular flexibility index (Phi) is 8.47. The highest BCUT2D eigenvalue weighted by Gasteiger charge is 2.31. The first-order valence-corrected chi connectivity index (χ1v) is 8.23. The van der Waals surface area contributed by atoms with Crippen molar-refractivity contribution in [1.82, 2.24) is 13.9 Å². The second-order valence-corrected chi connectivity index (χ2v) is 7.26. The second-order valence-electron chi connectivity index (χ2n) is 5.27. The van der Waals surface area contributed by atoms with Crippen molar-refractivity contribution in [3.63, 3.8) is 0 Å². The third-order valence-electron chi connectivity index (χ3n) is 3.67. The maximum Gasteiger partial charge on any atom is 0.281 e. The first-order valence-electron chi connectivity index (χ1n) is 6.83. The Bertz CT molecular complexity index is 341. The molecule has 0 atom stereocenters. The lowest BCUT2D eigenvalue weighted by Crippen LogP contribution is -2.48. The molecule has 0 unspecified atom stereocenters. The van der Waals surface area contributed by atoms with Gasteiger partial charge in [0.2, 0.25) is 0 Å². The molecule has 0 aromatic heterocycles. The monoisotopic (exact) mass is 313 g/mol. The molecule has 5 nitrogen and oxygen atoms in total. The van der Waals surface area contributed by atoms with Crippen molar-refractivity contribution in [1.29, 1.82) is 0 Å². The van der Waals surface area contributed by atoms with Crippen LogP contribution in [0.15, 0.2) is 0 Å². The summed E-state index contributed by atoms with van der Waals surface area (Å²) in [5, 5.41) is 3.33. The molecule has 7 heteroatoms. The molecule has 116 valence electrons. The Balaban J connectivity index is 0.00000324. The van der Waals surface area contributed by atoms with Gasteiger partial charge in [-0.15, -0.1) is 12.4 Å². The predicted molar refractivity (Wildman–Crippen MR) is 81.9 cm³/mol. The van der Waals surface area contributed by atoms with Crippen LogP contribution in [0.1, 0.15) is 33.6 Å². The van der Waals surface area contributed by atoms with Crippen molar-refractivity contribution in [2.45, 2.75) is 39.7 Å². The van der Waals surface area contributed by atoms with Gasteiger partial charge in [0.1, 0.15) is 0 Å². The summed E-state index contributed by atoms with van der Waals surface area (Å²) >= 11 is 0. The van der Waals surface area contributed by atoms with E-state index in [1.165, 1.54) is 4.31 Å². The predicted octanol–water partition coefficient (Wildman–Crippen LogP) is 1.31. The Morgan fingerprint density at radius 1 is 1.32 bits per heavy atom. The molecule has 0 bridgehead atoms. The first kappa shape index (κ1) is 19.1. The van der Waals surface area contributed by atoms with E-state index in [1.54, 1.807) is 11.4 Å². The van der Waals surface area contributed by atoms with Crippen LogP contribution in [0, 0.1) is 5.92 Å². The average Bonchev–Trinajstić information content (AvgIpc) is 2.35. The molecule has 19 heavy (non-hydrogen) atoms. The highest BCUT2D eigenvalue weighted by molar-refractivity contribution is 7.86. The van der Waals surface area contributed by atoms with Crippen molar-refractivity contribution in [3.8, 4) is 0 Å². The minimum absolute atomic E-state index is 0. The number of nitrogens with zero attached hydrogens (tertiary/aromatic N) is 2. The van der Waals surface area contributed by atoms with E-state index in [0.717, 1.165) is 25.9 Å². The number of hydrogen-bond donors (Lipinski definition) is 1. The summed E-state index contributed by atoms with van der Waals surface area (Å²) in [4.78, 5) is 0. The molecule has 0 amide bonds. The number of nitrogens with one attached hydrogen (secondary N) is 1. The van der Waals surface area contributed by atoms with Gasteiger partial charge in [-0.25, -0.2) is 0 Å². The third-order valence-corrected chi connectivity index (χ3v) is 5.84. The molecule has 1 saturated heterocycles. The third kappa shape index (κ3) is 5.19. The Labute approximate surface area is 124 Å². The van der Waals surface area contributed by atoms with Gasteiger partial charge in [0.15, 0.2) is 0 Å². The zero-order valence-electron chi connectivity index (χ0n) is 12.4. The molecule has 0 aromatic rings. The van der Waals surface area contributed by atoms with Crippen LogP contribution in [0.3, 0.4) is 0 Å². The molecule has 1 fully saturated rings. The van der Waals surface area contributed by atoms with Crippen molar-refractivity contribution >= 4 is 22.6 Å². The van der Waals surface area contributed by atoms with Gasteiger partial charge in [-0.2, -0.15) is 17.0 Å². The van der Waals surface area contributed by atoms with Crippen LogP contribution in [0.5, 0.6) is 0 Å². The molecule has 1 aliphatic rings. The second kappa shape index (κ2) is 8.42. The minimum atomic E-state index is -3.26. The lowest BCUT2D eigenvalue weighted by molar-refractivity contribution is 0.249. The zero-order valence-corrected chi connectivity index (χ0v) is 14.1. The highest BCUT2D eigenvalue weighted by atomic mass is 35.5. The van der Waals surface area contributed by atoms with Crippen LogP contribution in [-0.4, -0.2) is 56.3 Å². The standard InChI is InChI=1S/C12H27N3O2S.ClH/c1-5-13-10-12-6-8-15(9-7-12)18(16,17)14(4)11(2)3;/h11-13H,5-10H2,1-4H3;1H. The van der Waals surface area contributed by atoms with Gasteiger partial charge in [0.05, 0.1) is 0 Å². The summed E-state index contributed by atoms with van der Waals surface area (Å²) < 4.78 is 27.6. The fourth-order valence-electron chi connectivity index (χ4n) is 2.14. The molecule has 0 saturated carbocycles. The Morgan fingerprint density at radius 3 is 2.26 bits per heavy atom. The van der Waals surface area contributed by atoms with Crippen LogP contribution in [0.2, 0.25) is 0 Å². The topological polar surface area (TPSA) is 52.7 Å². The number of halogens is 1. The lowest BCUT2D eigenvalue weighted by Gasteiger charge is -2.35. The van der Waals surface area contributed by atoms with E-state index in [2.05, 4.69) is 12.2 Å².